The largest absolute Gasteiger partial charge is 0.494 e. The van der Waals surface area contributed by atoms with Crippen LogP contribution in [0.2, 0.25) is 0 Å². The third-order valence-corrected chi connectivity index (χ3v) is 3.97. The van der Waals surface area contributed by atoms with E-state index < -0.39 is 5.41 Å². The van der Waals surface area contributed by atoms with Crippen molar-refractivity contribution in [3.8, 4) is 17.2 Å². The summed E-state index contributed by atoms with van der Waals surface area (Å²) in [6.45, 7) is 10.3. The van der Waals surface area contributed by atoms with Crippen molar-refractivity contribution in [2.45, 2.75) is 34.6 Å². The summed E-state index contributed by atoms with van der Waals surface area (Å²) in [5, 5.41) is 0. The summed E-state index contributed by atoms with van der Waals surface area (Å²) in [6.07, 6.45) is 3.21. The van der Waals surface area contributed by atoms with Gasteiger partial charge in [0, 0.05) is 17.2 Å². The zero-order chi connectivity index (χ0) is 21.4. The zero-order valence-electron chi connectivity index (χ0n) is 17.7. The first kappa shape index (κ1) is 22.2. The lowest BCUT2D eigenvalue weighted by Crippen LogP contribution is -2.25. The van der Waals surface area contributed by atoms with Gasteiger partial charge in [0.2, 0.25) is 0 Å². The minimum Gasteiger partial charge on any atom is -0.494 e. The van der Waals surface area contributed by atoms with Crippen LogP contribution >= 0.6 is 0 Å². The summed E-state index contributed by atoms with van der Waals surface area (Å²) >= 11 is 0. The highest BCUT2D eigenvalue weighted by Gasteiger charge is 2.23. The first-order chi connectivity index (χ1) is 13.7. The molecule has 0 amide bonds. The van der Waals surface area contributed by atoms with Crippen molar-refractivity contribution in [2.24, 2.45) is 5.41 Å². The van der Waals surface area contributed by atoms with E-state index in [0.29, 0.717) is 30.3 Å². The average Bonchev–Trinajstić information content (AvgIpc) is 2.67. The zero-order valence-corrected chi connectivity index (χ0v) is 17.7. The van der Waals surface area contributed by atoms with Crippen molar-refractivity contribution in [2.75, 3.05) is 13.2 Å². The molecule has 154 valence electrons. The lowest BCUT2D eigenvalue weighted by molar-refractivity contribution is -0.142. The molecule has 2 rings (SSSR count). The van der Waals surface area contributed by atoms with Gasteiger partial charge in [-0.2, -0.15) is 0 Å². The average molecular weight is 396 g/mol. The van der Waals surface area contributed by atoms with E-state index in [-0.39, 0.29) is 11.8 Å². The summed E-state index contributed by atoms with van der Waals surface area (Å²) in [7, 11) is 0. The molecule has 0 radical (unpaired) electrons. The fraction of sp³-hybridized carbons (Fsp3) is 0.333. The lowest BCUT2D eigenvalue weighted by atomic mass is 9.97. The number of ketones is 1. The third-order valence-electron chi connectivity index (χ3n) is 3.97. The highest BCUT2D eigenvalue weighted by Crippen LogP contribution is 2.26. The predicted octanol–water partition coefficient (Wildman–Crippen LogP) is 5.33. The van der Waals surface area contributed by atoms with E-state index in [9.17, 15) is 9.59 Å². The van der Waals surface area contributed by atoms with Crippen molar-refractivity contribution in [3.63, 3.8) is 0 Å². The predicted molar refractivity (Wildman–Crippen MR) is 114 cm³/mol. The number of carbonyl (C=O) groups is 2. The van der Waals surface area contributed by atoms with Crippen LogP contribution in [0.4, 0.5) is 0 Å². The van der Waals surface area contributed by atoms with Gasteiger partial charge >= 0.3 is 5.97 Å². The smallest absolute Gasteiger partial charge is 0.316 e. The summed E-state index contributed by atoms with van der Waals surface area (Å²) in [5.41, 5.74) is 0.702. The first-order valence-corrected chi connectivity index (χ1v) is 9.69. The van der Waals surface area contributed by atoms with Crippen LogP contribution in [-0.2, 0) is 4.79 Å². The molecule has 0 aromatic heterocycles. The van der Waals surface area contributed by atoms with E-state index in [1.807, 2.05) is 32.0 Å². The normalized spacial score (nSPS) is 11.3. The molecular formula is C24H28O5. The van der Waals surface area contributed by atoms with Gasteiger partial charge in [0.25, 0.3) is 0 Å². The van der Waals surface area contributed by atoms with Gasteiger partial charge in [-0.05, 0) is 83.2 Å². The van der Waals surface area contributed by atoms with E-state index in [1.54, 1.807) is 51.1 Å². The van der Waals surface area contributed by atoms with Crippen LogP contribution in [-0.4, -0.2) is 25.0 Å². The number of esters is 1. The number of rotatable bonds is 8. The number of ether oxygens (including phenoxy) is 3. The van der Waals surface area contributed by atoms with Crippen molar-refractivity contribution in [1.82, 2.24) is 0 Å². The van der Waals surface area contributed by atoms with Crippen LogP contribution < -0.4 is 14.2 Å². The molecule has 0 atom stereocenters. The second-order valence-corrected chi connectivity index (χ2v) is 7.43. The van der Waals surface area contributed by atoms with E-state index in [0.717, 1.165) is 11.3 Å². The molecule has 0 saturated carbocycles. The molecule has 0 aliphatic carbocycles. The molecule has 0 bridgehead atoms. The molecule has 0 unspecified atom stereocenters. The Morgan fingerprint density at radius 3 is 2.10 bits per heavy atom. The number of allylic oxidation sites excluding steroid dienone is 1. The Morgan fingerprint density at radius 2 is 1.52 bits per heavy atom. The Morgan fingerprint density at radius 1 is 0.897 bits per heavy atom. The van der Waals surface area contributed by atoms with Crippen LogP contribution in [0.3, 0.4) is 0 Å². The van der Waals surface area contributed by atoms with E-state index in [2.05, 4.69) is 0 Å². The fourth-order valence-corrected chi connectivity index (χ4v) is 2.40. The van der Waals surface area contributed by atoms with Crippen molar-refractivity contribution in [3.05, 3.63) is 59.7 Å². The maximum Gasteiger partial charge on any atom is 0.316 e. The minimum absolute atomic E-state index is 0.157. The summed E-state index contributed by atoms with van der Waals surface area (Å²) in [5.74, 6) is 1.31. The topological polar surface area (TPSA) is 61.8 Å². The van der Waals surface area contributed by atoms with Crippen LogP contribution in [0, 0.1) is 5.41 Å². The van der Waals surface area contributed by atoms with Gasteiger partial charge in [-0.15, -0.1) is 0 Å². The Hall–Kier alpha value is -3.08. The van der Waals surface area contributed by atoms with E-state index in [1.165, 1.54) is 6.08 Å². The van der Waals surface area contributed by atoms with Crippen LogP contribution in [0.1, 0.15) is 50.5 Å². The third kappa shape index (κ3) is 6.49. The number of carbonyl (C=O) groups excluding carboxylic acids is 2. The number of hydrogen-bond donors (Lipinski definition) is 0. The standard InChI is InChI=1S/C24H28O5/c1-6-27-20-14-10-18(22(16-20)28-7-2)11-15-21(25)17-8-12-19(13-9-17)29-23(26)24(3,4)5/h8-16H,6-7H2,1-5H3/b15-11+. The van der Waals surface area contributed by atoms with Crippen LogP contribution in [0.15, 0.2) is 48.5 Å². The molecule has 2 aromatic carbocycles. The molecule has 0 aliphatic rings. The van der Waals surface area contributed by atoms with Gasteiger partial charge in [-0.3, -0.25) is 9.59 Å². The number of hydrogen-bond acceptors (Lipinski definition) is 5. The van der Waals surface area contributed by atoms with Gasteiger partial charge in [0.15, 0.2) is 5.78 Å². The molecule has 0 N–H and O–H groups in total. The Labute approximate surface area is 172 Å². The Balaban J connectivity index is 2.11. The monoisotopic (exact) mass is 396 g/mol. The molecule has 0 heterocycles. The molecule has 0 aliphatic heterocycles. The van der Waals surface area contributed by atoms with Crippen molar-refractivity contribution >= 4 is 17.8 Å². The molecule has 29 heavy (non-hydrogen) atoms. The van der Waals surface area contributed by atoms with Crippen molar-refractivity contribution < 1.29 is 23.8 Å². The molecule has 0 fully saturated rings. The molecule has 5 heteroatoms. The van der Waals surface area contributed by atoms with Gasteiger partial charge in [-0.25, -0.2) is 0 Å². The molecule has 2 aromatic rings. The first-order valence-electron chi connectivity index (χ1n) is 9.69. The van der Waals surface area contributed by atoms with Crippen LogP contribution in [0.5, 0.6) is 17.2 Å². The fourth-order valence-electron chi connectivity index (χ4n) is 2.40. The molecule has 0 spiro atoms. The summed E-state index contributed by atoms with van der Waals surface area (Å²) in [4.78, 5) is 24.4. The van der Waals surface area contributed by atoms with E-state index in [4.69, 9.17) is 14.2 Å². The van der Waals surface area contributed by atoms with Gasteiger partial charge in [0.1, 0.15) is 17.2 Å². The second-order valence-electron chi connectivity index (χ2n) is 7.43. The van der Waals surface area contributed by atoms with Crippen LogP contribution in [0.25, 0.3) is 6.08 Å². The Bertz CT molecular complexity index is 873. The van der Waals surface area contributed by atoms with Crippen molar-refractivity contribution in [1.29, 1.82) is 0 Å². The van der Waals surface area contributed by atoms with Gasteiger partial charge < -0.3 is 14.2 Å². The summed E-state index contributed by atoms with van der Waals surface area (Å²) in [6, 6.07) is 12.0. The quantitative estimate of drug-likeness (QED) is 0.261. The maximum absolute atomic E-state index is 12.5. The highest BCUT2D eigenvalue weighted by molar-refractivity contribution is 6.07. The maximum atomic E-state index is 12.5. The lowest BCUT2D eigenvalue weighted by Gasteiger charge is -2.16. The van der Waals surface area contributed by atoms with Gasteiger partial charge in [-0.1, -0.05) is 0 Å². The molecular weight excluding hydrogens is 368 g/mol. The second kappa shape index (κ2) is 9.92. The van der Waals surface area contributed by atoms with E-state index >= 15 is 0 Å². The number of benzene rings is 2. The molecule has 0 saturated heterocycles. The highest BCUT2D eigenvalue weighted by atomic mass is 16.5. The van der Waals surface area contributed by atoms with Gasteiger partial charge in [0.05, 0.1) is 18.6 Å². The minimum atomic E-state index is -0.590. The molecule has 5 nitrogen and oxygen atoms in total. The Kier molecular flexibility index (Phi) is 7.59. The SMILES string of the molecule is CCOc1ccc(/C=C/C(=O)c2ccc(OC(=O)C(C)(C)C)cc2)c(OCC)c1. The summed E-state index contributed by atoms with van der Waals surface area (Å²) < 4.78 is 16.5.